The SMILES string of the molecule is O=C(NCCC1CCCC1)c1cc(F)c(F)cc1[N+](=O)[O-]. The molecule has 0 heterocycles. The van der Waals surface area contributed by atoms with Gasteiger partial charge in [0.1, 0.15) is 5.56 Å². The van der Waals surface area contributed by atoms with Crippen LogP contribution in [0, 0.1) is 27.7 Å². The van der Waals surface area contributed by atoms with Gasteiger partial charge in [0.05, 0.1) is 11.0 Å². The molecule has 1 aromatic rings. The van der Waals surface area contributed by atoms with E-state index in [1.807, 2.05) is 0 Å². The molecule has 0 bridgehead atoms. The predicted molar refractivity (Wildman–Crippen MR) is 71.9 cm³/mol. The van der Waals surface area contributed by atoms with Gasteiger partial charge in [-0.25, -0.2) is 8.78 Å². The summed E-state index contributed by atoms with van der Waals surface area (Å²) in [7, 11) is 0. The highest BCUT2D eigenvalue weighted by molar-refractivity contribution is 5.98. The summed E-state index contributed by atoms with van der Waals surface area (Å²) in [6.45, 7) is 0.375. The van der Waals surface area contributed by atoms with Gasteiger partial charge in [-0.05, 0) is 18.4 Å². The molecule has 1 amide bonds. The third-order valence-corrected chi connectivity index (χ3v) is 3.79. The van der Waals surface area contributed by atoms with Crippen LogP contribution in [-0.2, 0) is 0 Å². The highest BCUT2D eigenvalue weighted by Crippen LogP contribution is 2.27. The molecule has 1 aliphatic rings. The molecule has 0 unspecified atom stereocenters. The van der Waals surface area contributed by atoms with Crippen molar-refractivity contribution in [3.05, 3.63) is 39.4 Å². The lowest BCUT2D eigenvalue weighted by molar-refractivity contribution is -0.385. The van der Waals surface area contributed by atoms with E-state index in [4.69, 9.17) is 0 Å². The second kappa shape index (κ2) is 6.60. The zero-order chi connectivity index (χ0) is 15.4. The molecule has 0 saturated heterocycles. The topological polar surface area (TPSA) is 72.2 Å². The summed E-state index contributed by atoms with van der Waals surface area (Å²) in [5.74, 6) is -2.81. The van der Waals surface area contributed by atoms with Gasteiger partial charge in [0.15, 0.2) is 11.6 Å². The highest BCUT2D eigenvalue weighted by Gasteiger charge is 2.24. The molecule has 1 saturated carbocycles. The number of amides is 1. The van der Waals surface area contributed by atoms with Crippen molar-refractivity contribution >= 4 is 11.6 Å². The summed E-state index contributed by atoms with van der Waals surface area (Å²) in [4.78, 5) is 21.8. The smallest absolute Gasteiger partial charge is 0.285 e. The molecule has 21 heavy (non-hydrogen) atoms. The standard InChI is InChI=1S/C14H16F2N2O3/c15-11-7-10(13(18(20)21)8-12(11)16)14(19)17-6-5-9-3-1-2-4-9/h7-9H,1-6H2,(H,17,19). The van der Waals surface area contributed by atoms with Crippen LogP contribution in [0.25, 0.3) is 0 Å². The Balaban J connectivity index is 2.03. The number of carbonyl (C=O) groups excluding carboxylic acids is 1. The molecule has 0 spiro atoms. The van der Waals surface area contributed by atoms with Crippen LogP contribution in [0.15, 0.2) is 12.1 Å². The van der Waals surface area contributed by atoms with Crippen LogP contribution in [0.2, 0.25) is 0 Å². The maximum Gasteiger partial charge on any atom is 0.285 e. The first-order valence-electron chi connectivity index (χ1n) is 6.90. The Morgan fingerprint density at radius 3 is 2.52 bits per heavy atom. The minimum atomic E-state index is -1.34. The third kappa shape index (κ3) is 3.74. The summed E-state index contributed by atoms with van der Waals surface area (Å²) in [6.07, 6.45) is 5.42. The van der Waals surface area contributed by atoms with Gasteiger partial charge >= 0.3 is 0 Å². The van der Waals surface area contributed by atoms with Gasteiger partial charge in [-0.2, -0.15) is 0 Å². The van der Waals surface area contributed by atoms with Gasteiger partial charge in [-0.3, -0.25) is 14.9 Å². The van der Waals surface area contributed by atoms with Gasteiger partial charge in [-0.1, -0.05) is 25.7 Å². The average Bonchev–Trinajstić information content (AvgIpc) is 2.94. The van der Waals surface area contributed by atoms with Crippen molar-refractivity contribution < 1.29 is 18.5 Å². The van der Waals surface area contributed by atoms with E-state index in [0.717, 1.165) is 19.3 Å². The molecule has 1 fully saturated rings. The molecule has 7 heteroatoms. The Morgan fingerprint density at radius 1 is 1.29 bits per heavy atom. The summed E-state index contributed by atoms with van der Waals surface area (Å²) >= 11 is 0. The molecular weight excluding hydrogens is 282 g/mol. The fourth-order valence-electron chi connectivity index (χ4n) is 2.65. The van der Waals surface area contributed by atoms with Crippen LogP contribution in [0.5, 0.6) is 0 Å². The van der Waals surface area contributed by atoms with E-state index < -0.39 is 33.7 Å². The number of nitrogens with zero attached hydrogens (tertiary/aromatic N) is 1. The van der Waals surface area contributed by atoms with Crippen molar-refractivity contribution in [1.29, 1.82) is 0 Å². The molecular formula is C14H16F2N2O3. The molecule has 2 rings (SSSR count). The quantitative estimate of drug-likeness (QED) is 0.670. The van der Waals surface area contributed by atoms with E-state index in [-0.39, 0.29) is 0 Å². The Hall–Kier alpha value is -2.05. The van der Waals surface area contributed by atoms with E-state index >= 15 is 0 Å². The van der Waals surface area contributed by atoms with E-state index in [1.54, 1.807) is 0 Å². The fraction of sp³-hybridized carbons (Fsp3) is 0.500. The van der Waals surface area contributed by atoms with E-state index in [2.05, 4.69) is 5.32 Å². The van der Waals surface area contributed by atoms with Crippen LogP contribution in [-0.4, -0.2) is 17.4 Å². The number of nitro benzene ring substituents is 1. The Bertz CT molecular complexity index is 557. The molecule has 5 nitrogen and oxygen atoms in total. The average molecular weight is 298 g/mol. The molecule has 1 aromatic carbocycles. The first-order chi connectivity index (χ1) is 9.99. The second-order valence-electron chi connectivity index (χ2n) is 5.24. The molecule has 0 aromatic heterocycles. The lowest BCUT2D eigenvalue weighted by atomic mass is 10.0. The van der Waals surface area contributed by atoms with Gasteiger partial charge in [-0.15, -0.1) is 0 Å². The number of nitro groups is 1. The fourth-order valence-corrected chi connectivity index (χ4v) is 2.65. The van der Waals surface area contributed by atoms with Crippen molar-refractivity contribution in [2.24, 2.45) is 5.92 Å². The van der Waals surface area contributed by atoms with Crippen molar-refractivity contribution in [3.8, 4) is 0 Å². The number of halogens is 2. The number of hydrogen-bond acceptors (Lipinski definition) is 3. The Kier molecular flexibility index (Phi) is 4.82. The molecule has 0 radical (unpaired) electrons. The zero-order valence-electron chi connectivity index (χ0n) is 11.4. The van der Waals surface area contributed by atoms with E-state index in [9.17, 15) is 23.7 Å². The summed E-state index contributed by atoms with van der Waals surface area (Å²) in [5.41, 5.74) is -1.18. The Labute approximate surface area is 120 Å². The van der Waals surface area contributed by atoms with Crippen LogP contribution < -0.4 is 5.32 Å². The maximum absolute atomic E-state index is 13.2. The summed E-state index contributed by atoms with van der Waals surface area (Å²) in [6, 6.07) is 1.000. The van der Waals surface area contributed by atoms with Crippen LogP contribution in [0.1, 0.15) is 42.5 Å². The maximum atomic E-state index is 13.2. The largest absolute Gasteiger partial charge is 0.352 e. The first-order valence-corrected chi connectivity index (χ1v) is 6.90. The van der Waals surface area contributed by atoms with E-state index in [1.165, 1.54) is 12.8 Å². The normalized spacial score (nSPS) is 15.1. The monoisotopic (exact) mass is 298 g/mol. The number of carbonyl (C=O) groups is 1. The highest BCUT2D eigenvalue weighted by atomic mass is 19.2. The summed E-state index contributed by atoms with van der Waals surface area (Å²) in [5, 5.41) is 13.3. The van der Waals surface area contributed by atoms with Crippen LogP contribution in [0.4, 0.5) is 14.5 Å². The third-order valence-electron chi connectivity index (χ3n) is 3.79. The van der Waals surface area contributed by atoms with Gasteiger partial charge < -0.3 is 5.32 Å². The van der Waals surface area contributed by atoms with Gasteiger partial charge in [0.2, 0.25) is 0 Å². The van der Waals surface area contributed by atoms with Crippen LogP contribution >= 0.6 is 0 Å². The predicted octanol–water partition coefficient (Wildman–Crippen LogP) is 3.18. The zero-order valence-corrected chi connectivity index (χ0v) is 11.4. The second-order valence-corrected chi connectivity index (χ2v) is 5.24. The van der Waals surface area contributed by atoms with Crippen molar-refractivity contribution in [3.63, 3.8) is 0 Å². The van der Waals surface area contributed by atoms with Gasteiger partial charge in [0, 0.05) is 6.54 Å². The molecule has 0 aliphatic heterocycles. The minimum absolute atomic E-state index is 0.375. The summed E-state index contributed by atoms with van der Waals surface area (Å²) < 4.78 is 26.2. The van der Waals surface area contributed by atoms with Crippen molar-refractivity contribution in [1.82, 2.24) is 5.32 Å². The molecule has 1 aliphatic carbocycles. The molecule has 1 N–H and O–H groups in total. The molecule has 114 valence electrons. The number of hydrogen-bond donors (Lipinski definition) is 1. The number of nitrogens with one attached hydrogen (secondary N) is 1. The van der Waals surface area contributed by atoms with Crippen molar-refractivity contribution in [2.45, 2.75) is 32.1 Å². The van der Waals surface area contributed by atoms with Crippen molar-refractivity contribution in [2.75, 3.05) is 6.54 Å². The van der Waals surface area contributed by atoms with Gasteiger partial charge in [0.25, 0.3) is 11.6 Å². The lowest BCUT2D eigenvalue weighted by Crippen LogP contribution is -2.26. The van der Waals surface area contributed by atoms with Crippen LogP contribution in [0.3, 0.4) is 0 Å². The first kappa shape index (κ1) is 15.3. The van der Waals surface area contributed by atoms with E-state index in [0.29, 0.717) is 24.6 Å². The Morgan fingerprint density at radius 2 is 1.90 bits per heavy atom. The number of rotatable bonds is 5. The number of benzene rings is 1. The lowest BCUT2D eigenvalue weighted by Gasteiger charge is -2.10. The minimum Gasteiger partial charge on any atom is -0.352 e. The molecule has 0 atom stereocenters.